The van der Waals surface area contributed by atoms with Crippen LogP contribution in [0.5, 0.6) is 0 Å². The molecular weight excluding hydrogens is 577 g/mol. The summed E-state index contributed by atoms with van der Waals surface area (Å²) in [6.07, 6.45) is 0.907. The summed E-state index contributed by atoms with van der Waals surface area (Å²) in [7, 11) is -4.38. The lowest BCUT2D eigenvalue weighted by Gasteiger charge is -2.34. The number of nitrogens with zero attached hydrogens (tertiary/aromatic N) is 2. The van der Waals surface area contributed by atoms with E-state index in [-0.39, 0.29) is 29.5 Å². The molecular formula is C35H38FN3O4S. The van der Waals surface area contributed by atoms with Gasteiger partial charge in [-0.25, -0.2) is 12.8 Å². The molecule has 0 aliphatic carbocycles. The molecule has 0 heterocycles. The first kappa shape index (κ1) is 32.4. The minimum atomic E-state index is -4.38. The van der Waals surface area contributed by atoms with Gasteiger partial charge in [-0.05, 0) is 61.2 Å². The molecule has 0 saturated heterocycles. The summed E-state index contributed by atoms with van der Waals surface area (Å²) in [5.41, 5.74) is 3.15. The average molecular weight is 616 g/mol. The lowest BCUT2D eigenvalue weighted by molar-refractivity contribution is -0.140. The van der Waals surface area contributed by atoms with Crippen molar-refractivity contribution in [2.24, 2.45) is 0 Å². The molecule has 9 heteroatoms. The molecule has 7 nitrogen and oxygen atoms in total. The minimum absolute atomic E-state index is 0.0538. The van der Waals surface area contributed by atoms with Crippen molar-refractivity contribution in [2.75, 3.05) is 17.4 Å². The summed E-state index contributed by atoms with van der Waals surface area (Å²) in [5, 5.41) is 2.92. The number of para-hydroxylation sites is 1. The van der Waals surface area contributed by atoms with Crippen LogP contribution in [-0.2, 0) is 32.6 Å². The van der Waals surface area contributed by atoms with Crippen LogP contribution in [0.2, 0.25) is 0 Å². The molecule has 1 atom stereocenters. The molecule has 0 radical (unpaired) electrons. The smallest absolute Gasteiger partial charge is 0.264 e. The summed E-state index contributed by atoms with van der Waals surface area (Å²) < 4.78 is 44.0. The Balaban J connectivity index is 1.81. The van der Waals surface area contributed by atoms with Gasteiger partial charge in [0.05, 0.1) is 10.6 Å². The maximum absolute atomic E-state index is 15.2. The molecule has 0 unspecified atom stereocenters. The zero-order chi connectivity index (χ0) is 31.7. The zero-order valence-electron chi connectivity index (χ0n) is 25.2. The second-order valence-electron chi connectivity index (χ2n) is 10.7. The molecule has 0 aliphatic heterocycles. The van der Waals surface area contributed by atoms with Crippen LogP contribution in [-0.4, -0.2) is 44.3 Å². The normalized spacial score (nSPS) is 11.9. The molecule has 4 rings (SSSR count). The Morgan fingerprint density at radius 1 is 0.841 bits per heavy atom. The summed E-state index contributed by atoms with van der Waals surface area (Å²) in [6, 6.07) is 27.5. The van der Waals surface area contributed by atoms with Gasteiger partial charge in [-0.1, -0.05) is 91.3 Å². The summed E-state index contributed by atoms with van der Waals surface area (Å²) in [5.74, 6) is -1.78. The summed E-state index contributed by atoms with van der Waals surface area (Å²) in [4.78, 5) is 29.4. The third kappa shape index (κ3) is 7.90. The fourth-order valence-electron chi connectivity index (χ4n) is 4.90. The lowest BCUT2D eigenvalue weighted by Crippen LogP contribution is -2.53. The molecule has 1 N–H and O–H groups in total. The van der Waals surface area contributed by atoms with Gasteiger partial charge in [0.1, 0.15) is 18.4 Å². The molecule has 0 aliphatic rings. The van der Waals surface area contributed by atoms with Gasteiger partial charge < -0.3 is 10.2 Å². The number of anilines is 1. The predicted molar refractivity (Wildman–Crippen MR) is 171 cm³/mol. The van der Waals surface area contributed by atoms with E-state index in [2.05, 4.69) is 5.32 Å². The first-order valence-electron chi connectivity index (χ1n) is 14.6. The number of nitrogens with one attached hydrogen (secondary N) is 1. The van der Waals surface area contributed by atoms with Gasteiger partial charge in [-0.2, -0.15) is 0 Å². The largest absolute Gasteiger partial charge is 0.354 e. The number of benzene rings is 4. The molecule has 2 amide bonds. The van der Waals surface area contributed by atoms with E-state index in [1.807, 2.05) is 75.4 Å². The van der Waals surface area contributed by atoms with E-state index in [9.17, 15) is 18.0 Å². The van der Waals surface area contributed by atoms with E-state index in [1.54, 1.807) is 12.1 Å². The monoisotopic (exact) mass is 615 g/mol. The van der Waals surface area contributed by atoms with Gasteiger partial charge in [0.15, 0.2) is 0 Å². The lowest BCUT2D eigenvalue weighted by atomic mass is 10.0. The number of carbonyl (C=O) groups excluding carboxylic acids is 2. The van der Waals surface area contributed by atoms with Crippen molar-refractivity contribution in [3.63, 3.8) is 0 Å². The van der Waals surface area contributed by atoms with Crippen LogP contribution >= 0.6 is 0 Å². The standard InChI is InChI=1S/C35H38FN3O4S/c1-4-22-37-35(41)33(23-28-13-6-5-7-14-28)38(24-29-15-9-8-12-27(29)3)34(40)25-39(32-17-11-10-16-31(32)36)44(42,43)30-20-18-26(2)19-21-30/h5-21,33H,4,22-25H2,1-3H3,(H,37,41)/t33-/m0/s1. The minimum Gasteiger partial charge on any atom is -0.354 e. The number of hydrogen-bond acceptors (Lipinski definition) is 4. The molecule has 0 fully saturated rings. The average Bonchev–Trinajstić information content (AvgIpc) is 3.02. The number of hydrogen-bond donors (Lipinski definition) is 1. The van der Waals surface area contributed by atoms with Crippen molar-refractivity contribution in [3.8, 4) is 0 Å². The number of carbonyl (C=O) groups is 2. The van der Waals surface area contributed by atoms with Crippen LogP contribution in [0.3, 0.4) is 0 Å². The number of sulfonamides is 1. The van der Waals surface area contributed by atoms with Crippen molar-refractivity contribution in [1.29, 1.82) is 0 Å². The Hall–Kier alpha value is -4.50. The number of aryl methyl sites for hydroxylation is 2. The van der Waals surface area contributed by atoms with E-state index in [0.29, 0.717) is 13.0 Å². The Bertz CT molecular complexity index is 1680. The quantitative estimate of drug-likeness (QED) is 0.206. The van der Waals surface area contributed by atoms with Crippen LogP contribution < -0.4 is 9.62 Å². The maximum atomic E-state index is 15.2. The van der Waals surface area contributed by atoms with Crippen molar-refractivity contribution >= 4 is 27.5 Å². The van der Waals surface area contributed by atoms with Crippen LogP contribution in [0.15, 0.2) is 108 Å². The van der Waals surface area contributed by atoms with Crippen LogP contribution in [0.25, 0.3) is 0 Å². The van der Waals surface area contributed by atoms with Gasteiger partial charge in [0.2, 0.25) is 11.8 Å². The first-order chi connectivity index (χ1) is 21.1. The fraction of sp³-hybridized carbons (Fsp3) is 0.257. The van der Waals surface area contributed by atoms with Crippen LogP contribution in [0.1, 0.15) is 35.6 Å². The Morgan fingerprint density at radius 3 is 2.14 bits per heavy atom. The Labute approximate surface area is 259 Å². The summed E-state index contributed by atoms with van der Waals surface area (Å²) >= 11 is 0. The molecule has 230 valence electrons. The Morgan fingerprint density at radius 2 is 1.48 bits per heavy atom. The van der Waals surface area contributed by atoms with E-state index >= 15 is 4.39 Å². The van der Waals surface area contributed by atoms with Gasteiger partial charge >= 0.3 is 0 Å². The predicted octanol–water partition coefficient (Wildman–Crippen LogP) is 5.80. The maximum Gasteiger partial charge on any atom is 0.264 e. The van der Waals surface area contributed by atoms with E-state index in [0.717, 1.165) is 32.6 Å². The van der Waals surface area contributed by atoms with Gasteiger partial charge in [-0.3, -0.25) is 13.9 Å². The summed E-state index contributed by atoms with van der Waals surface area (Å²) in [6.45, 7) is 5.43. The topological polar surface area (TPSA) is 86.8 Å². The first-order valence-corrected chi connectivity index (χ1v) is 16.1. The molecule has 4 aromatic carbocycles. The fourth-order valence-corrected chi connectivity index (χ4v) is 6.32. The molecule has 0 bridgehead atoms. The third-order valence-electron chi connectivity index (χ3n) is 7.43. The second-order valence-corrected chi connectivity index (χ2v) is 12.6. The number of amides is 2. The number of halogens is 1. The molecule has 0 aromatic heterocycles. The van der Waals surface area contributed by atoms with E-state index in [1.165, 1.54) is 35.2 Å². The Kier molecular flexibility index (Phi) is 10.9. The highest BCUT2D eigenvalue weighted by molar-refractivity contribution is 7.92. The highest BCUT2D eigenvalue weighted by Gasteiger charge is 2.35. The van der Waals surface area contributed by atoms with Crippen LogP contribution in [0.4, 0.5) is 10.1 Å². The second kappa shape index (κ2) is 14.8. The van der Waals surface area contributed by atoms with E-state index < -0.39 is 34.3 Å². The van der Waals surface area contributed by atoms with Crippen LogP contribution in [0, 0.1) is 19.7 Å². The van der Waals surface area contributed by atoms with Crippen molar-refractivity contribution in [2.45, 2.75) is 51.1 Å². The van der Waals surface area contributed by atoms with Gasteiger partial charge in [0, 0.05) is 19.5 Å². The van der Waals surface area contributed by atoms with Crippen molar-refractivity contribution in [3.05, 3.63) is 131 Å². The highest BCUT2D eigenvalue weighted by Crippen LogP contribution is 2.27. The van der Waals surface area contributed by atoms with Gasteiger partial charge in [0.25, 0.3) is 10.0 Å². The molecule has 4 aromatic rings. The van der Waals surface area contributed by atoms with E-state index in [4.69, 9.17) is 0 Å². The molecule has 0 spiro atoms. The molecule has 0 saturated carbocycles. The SMILES string of the molecule is CCCNC(=O)[C@H](Cc1ccccc1)N(Cc1ccccc1C)C(=O)CN(c1ccccc1F)S(=O)(=O)c1ccc(C)cc1. The molecule has 44 heavy (non-hydrogen) atoms. The number of rotatable bonds is 13. The highest BCUT2D eigenvalue weighted by atomic mass is 32.2. The van der Waals surface area contributed by atoms with Gasteiger partial charge in [-0.15, -0.1) is 0 Å². The zero-order valence-corrected chi connectivity index (χ0v) is 26.1. The van der Waals surface area contributed by atoms with Crippen molar-refractivity contribution < 1.29 is 22.4 Å². The third-order valence-corrected chi connectivity index (χ3v) is 9.21. The van der Waals surface area contributed by atoms with Crippen molar-refractivity contribution in [1.82, 2.24) is 10.2 Å².